The van der Waals surface area contributed by atoms with Crippen LogP contribution in [0.2, 0.25) is 5.02 Å². The highest BCUT2D eigenvalue weighted by molar-refractivity contribution is 6.30. The summed E-state index contributed by atoms with van der Waals surface area (Å²) < 4.78 is 0. The van der Waals surface area contributed by atoms with Crippen LogP contribution in [0.15, 0.2) is 48.5 Å². The monoisotopic (exact) mass is 370 g/mol. The summed E-state index contributed by atoms with van der Waals surface area (Å²) in [5.74, 6) is 0.422. The van der Waals surface area contributed by atoms with Gasteiger partial charge in [0.2, 0.25) is 5.91 Å². The summed E-state index contributed by atoms with van der Waals surface area (Å²) in [4.78, 5) is 15.3. The SMILES string of the molecule is Cc1ccc(C2CNC[C@H]2N(C)C(=O)C(C)(C)c2cccc(Cl)c2)cc1. The number of halogens is 1. The molecule has 0 spiro atoms. The number of likely N-dealkylation sites (N-methyl/N-ethyl adjacent to an activating group) is 1. The Morgan fingerprint density at radius 1 is 1.15 bits per heavy atom. The van der Waals surface area contributed by atoms with Crippen molar-refractivity contribution in [3.8, 4) is 0 Å². The molecule has 3 rings (SSSR count). The molecular formula is C22H27ClN2O. The van der Waals surface area contributed by atoms with E-state index in [1.165, 1.54) is 11.1 Å². The molecule has 1 saturated heterocycles. The van der Waals surface area contributed by atoms with Crippen LogP contribution < -0.4 is 5.32 Å². The van der Waals surface area contributed by atoms with Gasteiger partial charge in [0.05, 0.1) is 11.5 Å². The van der Waals surface area contributed by atoms with E-state index >= 15 is 0 Å². The molecule has 1 aliphatic rings. The predicted octanol–water partition coefficient (Wildman–Crippen LogP) is 4.14. The lowest BCUT2D eigenvalue weighted by Gasteiger charge is -2.36. The van der Waals surface area contributed by atoms with E-state index < -0.39 is 5.41 Å². The number of carbonyl (C=O) groups excluding carboxylic acids is 1. The van der Waals surface area contributed by atoms with Crippen molar-refractivity contribution in [2.75, 3.05) is 20.1 Å². The first-order valence-electron chi connectivity index (χ1n) is 9.11. The summed E-state index contributed by atoms with van der Waals surface area (Å²) in [6, 6.07) is 16.4. The van der Waals surface area contributed by atoms with Gasteiger partial charge in [-0.1, -0.05) is 53.6 Å². The molecule has 1 fully saturated rings. The van der Waals surface area contributed by atoms with Gasteiger partial charge in [-0.05, 0) is 44.0 Å². The van der Waals surface area contributed by atoms with Gasteiger partial charge in [0.15, 0.2) is 0 Å². The Labute approximate surface area is 161 Å². The van der Waals surface area contributed by atoms with E-state index in [2.05, 4.69) is 36.5 Å². The molecule has 0 aromatic heterocycles. The summed E-state index contributed by atoms with van der Waals surface area (Å²) in [5.41, 5.74) is 2.85. The second kappa shape index (κ2) is 7.42. The molecular weight excluding hydrogens is 344 g/mol. The lowest BCUT2D eigenvalue weighted by Crippen LogP contribution is -2.48. The fraction of sp³-hybridized carbons (Fsp3) is 0.409. The van der Waals surface area contributed by atoms with Gasteiger partial charge in [-0.2, -0.15) is 0 Å². The Morgan fingerprint density at radius 3 is 2.50 bits per heavy atom. The lowest BCUT2D eigenvalue weighted by atomic mass is 9.82. The number of benzene rings is 2. The molecule has 0 bridgehead atoms. The Balaban J connectivity index is 1.83. The van der Waals surface area contributed by atoms with Crippen LogP contribution in [0.1, 0.15) is 36.5 Å². The Kier molecular flexibility index (Phi) is 5.40. The molecule has 1 aliphatic heterocycles. The van der Waals surface area contributed by atoms with Gasteiger partial charge in [0.1, 0.15) is 0 Å². The highest BCUT2D eigenvalue weighted by Crippen LogP contribution is 2.32. The van der Waals surface area contributed by atoms with Crippen molar-refractivity contribution in [1.82, 2.24) is 10.2 Å². The van der Waals surface area contributed by atoms with Crippen molar-refractivity contribution < 1.29 is 4.79 Å². The first-order chi connectivity index (χ1) is 12.3. The summed E-state index contributed by atoms with van der Waals surface area (Å²) >= 11 is 6.14. The van der Waals surface area contributed by atoms with Gasteiger partial charge < -0.3 is 10.2 Å². The molecule has 1 unspecified atom stereocenters. The largest absolute Gasteiger partial charge is 0.340 e. The maximum Gasteiger partial charge on any atom is 0.232 e. The summed E-state index contributed by atoms with van der Waals surface area (Å²) in [7, 11) is 1.92. The maximum atomic E-state index is 13.3. The van der Waals surface area contributed by atoms with Crippen molar-refractivity contribution in [3.63, 3.8) is 0 Å². The first-order valence-corrected chi connectivity index (χ1v) is 9.49. The molecule has 26 heavy (non-hydrogen) atoms. The highest BCUT2D eigenvalue weighted by Gasteiger charge is 2.39. The molecule has 0 radical (unpaired) electrons. The van der Waals surface area contributed by atoms with Crippen LogP contribution in [0.4, 0.5) is 0 Å². The minimum Gasteiger partial charge on any atom is -0.340 e. The van der Waals surface area contributed by atoms with Crippen LogP contribution in [-0.4, -0.2) is 37.0 Å². The van der Waals surface area contributed by atoms with E-state index in [0.717, 1.165) is 18.7 Å². The molecule has 2 aromatic rings. The zero-order valence-corrected chi connectivity index (χ0v) is 16.7. The summed E-state index contributed by atoms with van der Waals surface area (Å²) in [5, 5.41) is 4.12. The van der Waals surface area contributed by atoms with Crippen LogP contribution in [-0.2, 0) is 10.2 Å². The number of rotatable bonds is 4. The van der Waals surface area contributed by atoms with Gasteiger partial charge in [0, 0.05) is 31.1 Å². The molecule has 2 aromatic carbocycles. The Bertz CT molecular complexity index is 785. The van der Waals surface area contributed by atoms with E-state index in [1.807, 2.05) is 50.1 Å². The zero-order valence-electron chi connectivity index (χ0n) is 15.9. The van der Waals surface area contributed by atoms with E-state index in [0.29, 0.717) is 10.9 Å². The third kappa shape index (κ3) is 3.65. The third-order valence-corrected chi connectivity index (χ3v) is 5.82. The molecule has 2 atom stereocenters. The Morgan fingerprint density at radius 2 is 1.85 bits per heavy atom. The number of aryl methyl sites for hydroxylation is 1. The van der Waals surface area contributed by atoms with Crippen molar-refractivity contribution >= 4 is 17.5 Å². The van der Waals surface area contributed by atoms with Gasteiger partial charge in [-0.15, -0.1) is 0 Å². The topological polar surface area (TPSA) is 32.3 Å². The number of carbonyl (C=O) groups is 1. The van der Waals surface area contributed by atoms with Crippen molar-refractivity contribution in [1.29, 1.82) is 0 Å². The molecule has 0 aliphatic carbocycles. The number of hydrogen-bond donors (Lipinski definition) is 1. The molecule has 1 heterocycles. The van der Waals surface area contributed by atoms with Crippen LogP contribution in [0.3, 0.4) is 0 Å². The molecule has 1 N–H and O–H groups in total. The Hall–Kier alpha value is -1.84. The fourth-order valence-corrected chi connectivity index (χ4v) is 4.01. The van der Waals surface area contributed by atoms with Gasteiger partial charge in [-0.25, -0.2) is 0 Å². The first kappa shape index (κ1) is 18.9. The minimum atomic E-state index is -0.625. The second-order valence-corrected chi connectivity index (χ2v) is 8.23. The van der Waals surface area contributed by atoms with E-state index in [-0.39, 0.29) is 11.9 Å². The average Bonchev–Trinajstić information content (AvgIpc) is 3.10. The van der Waals surface area contributed by atoms with Crippen molar-refractivity contribution in [2.24, 2.45) is 0 Å². The third-order valence-electron chi connectivity index (χ3n) is 5.59. The normalized spacial score (nSPS) is 20.2. The second-order valence-electron chi connectivity index (χ2n) is 7.79. The number of nitrogens with zero attached hydrogens (tertiary/aromatic N) is 1. The molecule has 3 nitrogen and oxygen atoms in total. The highest BCUT2D eigenvalue weighted by atomic mass is 35.5. The zero-order chi connectivity index (χ0) is 18.9. The number of nitrogens with one attached hydrogen (secondary N) is 1. The summed E-state index contributed by atoms with van der Waals surface area (Å²) in [6.45, 7) is 7.74. The average molecular weight is 371 g/mol. The molecule has 1 amide bonds. The standard InChI is InChI=1S/C22H27ClN2O/c1-15-8-10-16(11-9-15)19-13-24-14-20(19)25(4)21(26)22(2,3)17-6-5-7-18(23)12-17/h5-12,19-20,24H,13-14H2,1-4H3/t19?,20-/m1/s1. The van der Waals surface area contributed by atoms with Gasteiger partial charge >= 0.3 is 0 Å². The molecule has 138 valence electrons. The quantitative estimate of drug-likeness (QED) is 0.877. The fourth-order valence-electron chi connectivity index (χ4n) is 3.82. The van der Waals surface area contributed by atoms with E-state index in [1.54, 1.807) is 0 Å². The number of amides is 1. The van der Waals surface area contributed by atoms with E-state index in [4.69, 9.17) is 11.6 Å². The maximum absolute atomic E-state index is 13.3. The van der Waals surface area contributed by atoms with E-state index in [9.17, 15) is 4.79 Å². The molecule has 0 saturated carbocycles. The van der Waals surface area contributed by atoms with Crippen LogP contribution in [0.25, 0.3) is 0 Å². The summed E-state index contributed by atoms with van der Waals surface area (Å²) in [6.07, 6.45) is 0. The predicted molar refractivity (Wildman–Crippen MR) is 108 cm³/mol. The van der Waals surface area contributed by atoms with Crippen LogP contribution >= 0.6 is 11.6 Å². The van der Waals surface area contributed by atoms with Crippen LogP contribution in [0.5, 0.6) is 0 Å². The minimum absolute atomic E-state index is 0.116. The van der Waals surface area contributed by atoms with Gasteiger partial charge in [-0.3, -0.25) is 4.79 Å². The number of hydrogen-bond acceptors (Lipinski definition) is 2. The van der Waals surface area contributed by atoms with Crippen molar-refractivity contribution in [2.45, 2.75) is 38.1 Å². The van der Waals surface area contributed by atoms with Gasteiger partial charge in [0.25, 0.3) is 0 Å². The van der Waals surface area contributed by atoms with Crippen molar-refractivity contribution in [3.05, 3.63) is 70.2 Å². The van der Waals surface area contributed by atoms with Crippen LogP contribution in [0, 0.1) is 6.92 Å². The smallest absolute Gasteiger partial charge is 0.232 e. The lowest BCUT2D eigenvalue weighted by molar-refractivity contribution is -0.137. The molecule has 4 heteroatoms.